The van der Waals surface area contributed by atoms with Crippen LogP contribution in [0.1, 0.15) is 34.8 Å². The molecular weight excluding hydrogens is 534 g/mol. The lowest BCUT2D eigenvalue weighted by atomic mass is 10.1. The monoisotopic (exact) mass is 563 g/mol. The summed E-state index contributed by atoms with van der Waals surface area (Å²) in [6, 6.07) is 21.5. The molecule has 0 aromatic heterocycles. The Morgan fingerprint density at radius 2 is 1.70 bits per heavy atom. The summed E-state index contributed by atoms with van der Waals surface area (Å²) in [4.78, 5) is 53.3. The van der Waals surface area contributed by atoms with Gasteiger partial charge in [-0.25, -0.2) is 0 Å². The lowest BCUT2D eigenvalue weighted by molar-refractivity contribution is -0.141. The van der Waals surface area contributed by atoms with E-state index in [4.69, 9.17) is 21.1 Å². The van der Waals surface area contributed by atoms with E-state index in [1.807, 2.05) is 42.5 Å². The fourth-order valence-corrected chi connectivity index (χ4v) is 4.53. The maximum atomic E-state index is 13.6. The Morgan fingerprint density at radius 1 is 0.950 bits per heavy atom. The number of halogens is 1. The van der Waals surface area contributed by atoms with E-state index in [-0.39, 0.29) is 61.7 Å². The normalized spacial score (nSPS) is 12.8. The van der Waals surface area contributed by atoms with E-state index in [0.29, 0.717) is 18.0 Å². The van der Waals surface area contributed by atoms with Gasteiger partial charge >= 0.3 is 5.97 Å². The van der Waals surface area contributed by atoms with Crippen molar-refractivity contribution in [1.82, 2.24) is 10.2 Å². The van der Waals surface area contributed by atoms with Crippen LogP contribution in [-0.4, -0.2) is 54.9 Å². The second kappa shape index (κ2) is 13.6. The number of nitrogens with one attached hydrogen (secondary N) is 1. The molecule has 3 aromatic rings. The zero-order valence-corrected chi connectivity index (χ0v) is 22.9. The van der Waals surface area contributed by atoms with Gasteiger partial charge in [-0.1, -0.05) is 60.1 Å². The standard InChI is InChI=1S/C30H30ClN3O6/c1-21(35)39-15-16-40-24-11-12-25(26(31)17-24)30(38)34-20-29(37)33(19-23-9-5-6-10-27(23)34)14-13-28(36)32-18-22-7-3-2-4-8-22/h2-12,17H,13-16,18-20H2,1H3,(H,32,36). The minimum absolute atomic E-state index is 0.0888. The minimum Gasteiger partial charge on any atom is -0.490 e. The SMILES string of the molecule is CC(=O)OCCOc1ccc(C(=O)N2CC(=O)N(CCC(=O)NCc3ccccc3)Cc3ccccc32)c(Cl)c1. The lowest BCUT2D eigenvalue weighted by Gasteiger charge is -2.23. The Bertz CT molecular complexity index is 1380. The van der Waals surface area contributed by atoms with Crippen LogP contribution < -0.4 is 15.0 Å². The fourth-order valence-electron chi connectivity index (χ4n) is 4.28. The molecule has 0 saturated heterocycles. The first-order chi connectivity index (χ1) is 19.3. The van der Waals surface area contributed by atoms with E-state index < -0.39 is 11.9 Å². The van der Waals surface area contributed by atoms with Crippen LogP contribution in [0, 0.1) is 0 Å². The van der Waals surface area contributed by atoms with Crippen molar-refractivity contribution in [2.24, 2.45) is 0 Å². The van der Waals surface area contributed by atoms with E-state index in [2.05, 4.69) is 5.32 Å². The van der Waals surface area contributed by atoms with Gasteiger partial charge in [0.15, 0.2) is 0 Å². The highest BCUT2D eigenvalue weighted by Gasteiger charge is 2.30. The molecule has 40 heavy (non-hydrogen) atoms. The first-order valence-corrected chi connectivity index (χ1v) is 13.2. The summed E-state index contributed by atoms with van der Waals surface area (Å²) in [6.45, 7) is 2.24. The van der Waals surface area contributed by atoms with E-state index in [9.17, 15) is 19.2 Å². The molecule has 0 aliphatic carbocycles. The maximum Gasteiger partial charge on any atom is 0.302 e. The summed E-state index contributed by atoms with van der Waals surface area (Å²) in [5.74, 6) is -0.858. The molecule has 208 valence electrons. The van der Waals surface area contributed by atoms with Gasteiger partial charge in [0.2, 0.25) is 11.8 Å². The third kappa shape index (κ3) is 7.60. The number of nitrogens with zero attached hydrogens (tertiary/aromatic N) is 2. The maximum absolute atomic E-state index is 13.6. The number of anilines is 1. The van der Waals surface area contributed by atoms with Gasteiger partial charge in [0.25, 0.3) is 5.91 Å². The minimum atomic E-state index is -0.431. The second-order valence-electron chi connectivity index (χ2n) is 9.18. The van der Waals surface area contributed by atoms with Crippen molar-refractivity contribution in [3.63, 3.8) is 0 Å². The second-order valence-corrected chi connectivity index (χ2v) is 9.58. The lowest BCUT2D eigenvalue weighted by Crippen LogP contribution is -2.41. The summed E-state index contributed by atoms with van der Waals surface area (Å²) in [7, 11) is 0. The Hall–Kier alpha value is -4.37. The first-order valence-electron chi connectivity index (χ1n) is 12.9. The summed E-state index contributed by atoms with van der Waals surface area (Å²) in [6.07, 6.45) is 0.138. The number of rotatable bonds is 10. The van der Waals surface area contributed by atoms with Crippen molar-refractivity contribution in [2.75, 3.05) is 31.2 Å². The van der Waals surface area contributed by atoms with Crippen LogP contribution in [0.5, 0.6) is 5.75 Å². The average molecular weight is 564 g/mol. The zero-order valence-electron chi connectivity index (χ0n) is 22.1. The van der Waals surface area contributed by atoms with Crippen LogP contribution in [0.15, 0.2) is 72.8 Å². The number of fused-ring (bicyclic) bond motifs is 1. The summed E-state index contributed by atoms with van der Waals surface area (Å²) in [5, 5.41) is 3.04. The van der Waals surface area contributed by atoms with Crippen LogP contribution in [0.25, 0.3) is 0 Å². The molecule has 4 rings (SSSR count). The van der Waals surface area contributed by atoms with Crippen LogP contribution in [-0.2, 0) is 32.2 Å². The molecule has 0 spiro atoms. The summed E-state index contributed by atoms with van der Waals surface area (Å²) in [5.41, 5.74) is 2.60. The quantitative estimate of drug-likeness (QED) is 0.295. The van der Waals surface area contributed by atoms with Gasteiger partial charge in [0.1, 0.15) is 25.5 Å². The first kappa shape index (κ1) is 28.6. The van der Waals surface area contributed by atoms with Gasteiger partial charge in [0, 0.05) is 38.7 Å². The van der Waals surface area contributed by atoms with Crippen molar-refractivity contribution < 1.29 is 28.7 Å². The number of carbonyl (C=O) groups is 4. The van der Waals surface area contributed by atoms with Crippen molar-refractivity contribution >= 4 is 41.0 Å². The zero-order chi connectivity index (χ0) is 28.5. The van der Waals surface area contributed by atoms with Gasteiger partial charge in [-0.3, -0.25) is 24.1 Å². The van der Waals surface area contributed by atoms with E-state index in [1.54, 1.807) is 29.2 Å². The number of esters is 1. The number of ether oxygens (including phenoxy) is 2. The van der Waals surface area contributed by atoms with Gasteiger partial charge in [-0.2, -0.15) is 0 Å². The highest BCUT2D eigenvalue weighted by Crippen LogP contribution is 2.30. The molecule has 0 unspecified atom stereocenters. The molecule has 1 aliphatic rings. The number of hydrogen-bond acceptors (Lipinski definition) is 6. The van der Waals surface area contributed by atoms with Crippen LogP contribution in [0.2, 0.25) is 5.02 Å². The van der Waals surface area contributed by atoms with E-state index in [1.165, 1.54) is 17.9 Å². The molecular formula is C30H30ClN3O6. The molecule has 3 amide bonds. The number of carbonyl (C=O) groups excluding carboxylic acids is 4. The van der Waals surface area contributed by atoms with Crippen LogP contribution in [0.3, 0.4) is 0 Å². The molecule has 10 heteroatoms. The van der Waals surface area contributed by atoms with E-state index >= 15 is 0 Å². The van der Waals surface area contributed by atoms with Crippen molar-refractivity contribution in [1.29, 1.82) is 0 Å². The molecule has 0 saturated carbocycles. The van der Waals surface area contributed by atoms with E-state index in [0.717, 1.165) is 11.1 Å². The van der Waals surface area contributed by atoms with Crippen molar-refractivity contribution in [3.8, 4) is 5.75 Å². The summed E-state index contributed by atoms with van der Waals surface area (Å²) >= 11 is 6.45. The van der Waals surface area contributed by atoms with Crippen LogP contribution >= 0.6 is 11.6 Å². The highest BCUT2D eigenvalue weighted by atomic mass is 35.5. The van der Waals surface area contributed by atoms with Crippen LogP contribution in [0.4, 0.5) is 5.69 Å². The summed E-state index contributed by atoms with van der Waals surface area (Å²) < 4.78 is 10.4. The Balaban J connectivity index is 1.42. The van der Waals surface area contributed by atoms with Gasteiger partial charge < -0.3 is 19.7 Å². The molecule has 1 aliphatic heterocycles. The fraction of sp³-hybridized carbons (Fsp3) is 0.267. The number of para-hydroxylation sites is 1. The molecule has 0 atom stereocenters. The largest absolute Gasteiger partial charge is 0.490 e. The molecule has 0 bridgehead atoms. The smallest absolute Gasteiger partial charge is 0.302 e. The highest BCUT2D eigenvalue weighted by molar-refractivity contribution is 6.34. The predicted octanol–water partition coefficient (Wildman–Crippen LogP) is 3.98. The number of hydrogen-bond donors (Lipinski definition) is 1. The molecule has 0 radical (unpaired) electrons. The van der Waals surface area contributed by atoms with Crippen molar-refractivity contribution in [2.45, 2.75) is 26.4 Å². The van der Waals surface area contributed by atoms with Crippen molar-refractivity contribution in [3.05, 3.63) is 94.5 Å². The van der Waals surface area contributed by atoms with Gasteiger partial charge in [-0.05, 0) is 35.4 Å². The topological polar surface area (TPSA) is 105 Å². The molecule has 1 heterocycles. The Kier molecular flexibility index (Phi) is 9.75. The third-order valence-corrected chi connectivity index (χ3v) is 6.62. The Labute approximate surface area is 237 Å². The average Bonchev–Trinajstić information content (AvgIpc) is 3.09. The number of benzene rings is 3. The molecule has 3 aromatic carbocycles. The Morgan fingerprint density at radius 3 is 2.45 bits per heavy atom. The predicted molar refractivity (Wildman–Crippen MR) is 150 cm³/mol. The molecule has 0 fully saturated rings. The molecule has 9 nitrogen and oxygen atoms in total. The third-order valence-electron chi connectivity index (χ3n) is 6.30. The van der Waals surface area contributed by atoms with Gasteiger partial charge in [-0.15, -0.1) is 0 Å². The van der Waals surface area contributed by atoms with Gasteiger partial charge in [0.05, 0.1) is 10.6 Å². The number of amides is 3. The molecule has 1 N–H and O–H groups in total.